The van der Waals surface area contributed by atoms with Gasteiger partial charge < -0.3 is 30.4 Å². The minimum absolute atomic E-state index is 0.221. The van der Waals surface area contributed by atoms with Crippen molar-refractivity contribution in [2.45, 2.75) is 51.5 Å². The summed E-state index contributed by atoms with van der Waals surface area (Å²) in [6.45, 7) is 5.59. The summed E-state index contributed by atoms with van der Waals surface area (Å²) in [4.78, 5) is 23.4. The third kappa shape index (κ3) is 4.59. The number of aromatic nitrogens is 6. The average molecular weight is 547 g/mol. The molecule has 5 N–H and O–H groups in total. The number of aliphatic hydroxyl groups excluding tert-OH is 2. The van der Waals surface area contributed by atoms with Gasteiger partial charge in [-0.3, -0.25) is 4.98 Å². The van der Waals surface area contributed by atoms with Crippen LogP contribution in [-0.4, -0.2) is 69.0 Å². The van der Waals surface area contributed by atoms with E-state index in [0.29, 0.717) is 36.0 Å². The number of fused-ring (bicyclic) bond motifs is 2. The number of aliphatic hydroxyl groups is 3. The first-order valence-electron chi connectivity index (χ1n) is 12.8. The lowest BCUT2D eigenvalue weighted by atomic mass is 9.96. The summed E-state index contributed by atoms with van der Waals surface area (Å²) in [5.74, 6) is 0.431. The zero-order valence-corrected chi connectivity index (χ0v) is 22.6. The lowest BCUT2D eigenvalue weighted by Gasteiger charge is -2.30. The number of nitrogens with zero attached hydrogens (tertiary/aromatic N) is 6. The molecule has 1 fully saturated rings. The van der Waals surface area contributed by atoms with Crippen LogP contribution in [0.25, 0.3) is 26.4 Å². The molecule has 4 atom stereocenters. The summed E-state index contributed by atoms with van der Waals surface area (Å²) in [5, 5.41) is 38.9. The molecule has 0 spiro atoms. The van der Waals surface area contributed by atoms with Crippen molar-refractivity contribution in [3.8, 4) is 10.6 Å². The van der Waals surface area contributed by atoms with Crippen molar-refractivity contribution < 1.29 is 15.3 Å². The number of rotatable bonds is 7. The fourth-order valence-electron chi connectivity index (χ4n) is 5.24. The van der Waals surface area contributed by atoms with Gasteiger partial charge in [0.15, 0.2) is 0 Å². The Hall–Kier alpha value is -3.71. The van der Waals surface area contributed by atoms with E-state index in [1.165, 1.54) is 11.3 Å². The molecule has 0 radical (unpaired) electrons. The molecule has 0 saturated heterocycles. The predicted molar refractivity (Wildman–Crippen MR) is 150 cm³/mol. The standard InChI is InChI=1S/C27H30N8O3S/c1-14-21(25-33-22-15(2)28-8-7-18(22)39-25)24(32-19-10-16(13-36)23(37)27(19,3)38)34-26(30-14)29-11-17-12-35-9-5-4-6-20(35)31-17/h4-9,12,16,19,23,36-38H,10-11,13H2,1-3H3,(H2,29,30,32,34)/t16-,19-,23-,27+/m1/s1. The van der Waals surface area contributed by atoms with Crippen molar-refractivity contribution >= 4 is 39.0 Å². The first kappa shape index (κ1) is 25.6. The largest absolute Gasteiger partial charge is 0.396 e. The maximum Gasteiger partial charge on any atom is 0.225 e. The van der Waals surface area contributed by atoms with Gasteiger partial charge in [-0.15, -0.1) is 11.3 Å². The number of nitrogens with one attached hydrogen (secondary N) is 2. The molecule has 12 heteroatoms. The second-order valence-corrected chi connectivity index (χ2v) is 11.2. The Balaban J connectivity index is 1.38. The molecular weight excluding hydrogens is 516 g/mol. The Labute approximate surface area is 228 Å². The Morgan fingerprint density at radius 1 is 1.13 bits per heavy atom. The van der Waals surface area contributed by atoms with E-state index in [-0.39, 0.29) is 6.61 Å². The molecule has 202 valence electrons. The fourth-order valence-corrected chi connectivity index (χ4v) is 6.35. The van der Waals surface area contributed by atoms with E-state index in [9.17, 15) is 15.3 Å². The third-order valence-corrected chi connectivity index (χ3v) is 8.51. The molecule has 39 heavy (non-hydrogen) atoms. The maximum atomic E-state index is 11.1. The van der Waals surface area contributed by atoms with Gasteiger partial charge in [-0.1, -0.05) is 6.07 Å². The van der Waals surface area contributed by atoms with Gasteiger partial charge in [0.25, 0.3) is 0 Å². The van der Waals surface area contributed by atoms with Crippen LogP contribution in [0.1, 0.15) is 30.4 Å². The van der Waals surface area contributed by atoms with Crippen LogP contribution < -0.4 is 10.6 Å². The van der Waals surface area contributed by atoms with Crippen molar-refractivity contribution in [1.29, 1.82) is 0 Å². The molecule has 11 nitrogen and oxygen atoms in total. The minimum atomic E-state index is -1.47. The average Bonchev–Trinajstić information content (AvgIpc) is 3.58. The summed E-state index contributed by atoms with van der Waals surface area (Å²) < 4.78 is 2.95. The molecule has 1 aliphatic rings. The molecule has 5 heterocycles. The molecule has 0 unspecified atom stereocenters. The molecular formula is C27H30N8O3S. The van der Waals surface area contributed by atoms with Gasteiger partial charge in [0.1, 0.15) is 27.6 Å². The lowest BCUT2D eigenvalue weighted by molar-refractivity contribution is -0.0647. The van der Waals surface area contributed by atoms with E-state index < -0.39 is 23.7 Å². The zero-order valence-electron chi connectivity index (χ0n) is 21.8. The van der Waals surface area contributed by atoms with Crippen LogP contribution in [0.4, 0.5) is 11.8 Å². The van der Waals surface area contributed by atoms with Crippen LogP contribution in [0.15, 0.2) is 42.9 Å². The first-order chi connectivity index (χ1) is 18.7. The SMILES string of the molecule is Cc1nc(NCc2cn3ccccc3n2)nc(N[C@@H]2C[C@H](CO)[C@@H](O)[C@@]2(C)O)c1-c1nc2c(C)nccc2s1. The summed E-state index contributed by atoms with van der Waals surface area (Å²) in [6, 6.07) is 7.21. The van der Waals surface area contributed by atoms with E-state index in [2.05, 4.69) is 20.6 Å². The van der Waals surface area contributed by atoms with Gasteiger partial charge in [-0.2, -0.15) is 4.98 Å². The summed E-state index contributed by atoms with van der Waals surface area (Å²) in [6.07, 6.45) is 4.96. The fraction of sp³-hybridized carbons (Fsp3) is 0.370. The van der Waals surface area contributed by atoms with Gasteiger partial charge in [-0.25, -0.2) is 15.0 Å². The van der Waals surface area contributed by atoms with Crippen molar-refractivity contribution in [2.75, 3.05) is 17.2 Å². The number of thiazole rings is 1. The van der Waals surface area contributed by atoms with Crippen molar-refractivity contribution in [3.05, 3.63) is 59.9 Å². The molecule has 0 bridgehead atoms. The predicted octanol–water partition coefficient (Wildman–Crippen LogP) is 2.93. The van der Waals surface area contributed by atoms with Crippen molar-refractivity contribution in [3.63, 3.8) is 0 Å². The Morgan fingerprint density at radius 2 is 1.97 bits per heavy atom. The second kappa shape index (κ2) is 9.79. The monoisotopic (exact) mass is 546 g/mol. The first-order valence-corrected chi connectivity index (χ1v) is 13.6. The number of aryl methyl sites for hydroxylation is 2. The van der Waals surface area contributed by atoms with Gasteiger partial charge in [0, 0.05) is 31.1 Å². The second-order valence-electron chi connectivity index (χ2n) is 10.2. The summed E-state index contributed by atoms with van der Waals surface area (Å²) >= 11 is 1.52. The van der Waals surface area contributed by atoms with Crippen LogP contribution in [0.3, 0.4) is 0 Å². The Kier molecular flexibility index (Phi) is 6.42. The van der Waals surface area contributed by atoms with Crippen molar-refractivity contribution in [1.82, 2.24) is 29.3 Å². The Bertz CT molecular complexity index is 1630. The summed E-state index contributed by atoms with van der Waals surface area (Å²) in [7, 11) is 0. The maximum absolute atomic E-state index is 11.1. The van der Waals surface area contributed by atoms with E-state index in [0.717, 1.165) is 32.3 Å². The van der Waals surface area contributed by atoms with E-state index in [1.54, 1.807) is 13.1 Å². The van der Waals surface area contributed by atoms with Crippen LogP contribution in [0, 0.1) is 19.8 Å². The minimum Gasteiger partial charge on any atom is -0.396 e. The zero-order chi connectivity index (χ0) is 27.3. The van der Waals surface area contributed by atoms with Crippen LogP contribution >= 0.6 is 11.3 Å². The molecule has 6 rings (SSSR count). The Morgan fingerprint density at radius 3 is 2.72 bits per heavy atom. The molecule has 0 aliphatic heterocycles. The molecule has 5 aromatic heterocycles. The highest BCUT2D eigenvalue weighted by atomic mass is 32.1. The van der Waals surface area contributed by atoms with E-state index in [1.807, 2.05) is 54.9 Å². The quantitative estimate of drug-likeness (QED) is 0.206. The van der Waals surface area contributed by atoms with Gasteiger partial charge in [-0.05, 0) is 45.4 Å². The number of anilines is 2. The highest BCUT2D eigenvalue weighted by Crippen LogP contribution is 2.41. The van der Waals surface area contributed by atoms with E-state index in [4.69, 9.17) is 15.0 Å². The van der Waals surface area contributed by atoms with Crippen LogP contribution in [0.2, 0.25) is 0 Å². The van der Waals surface area contributed by atoms with Crippen LogP contribution in [-0.2, 0) is 6.54 Å². The van der Waals surface area contributed by atoms with Crippen LogP contribution in [0.5, 0.6) is 0 Å². The highest BCUT2D eigenvalue weighted by molar-refractivity contribution is 7.21. The third-order valence-electron chi connectivity index (χ3n) is 7.47. The van der Waals surface area contributed by atoms with E-state index >= 15 is 0 Å². The lowest BCUT2D eigenvalue weighted by Crippen LogP contribution is -2.48. The molecule has 1 saturated carbocycles. The van der Waals surface area contributed by atoms with Gasteiger partial charge in [0.2, 0.25) is 5.95 Å². The molecule has 0 amide bonds. The van der Waals surface area contributed by atoms with Crippen molar-refractivity contribution in [2.24, 2.45) is 5.92 Å². The number of imidazole rings is 1. The number of hydrogen-bond donors (Lipinski definition) is 5. The number of pyridine rings is 2. The normalized spacial score (nSPS) is 23.1. The molecule has 1 aliphatic carbocycles. The van der Waals surface area contributed by atoms with Gasteiger partial charge >= 0.3 is 0 Å². The highest BCUT2D eigenvalue weighted by Gasteiger charge is 2.50. The smallest absolute Gasteiger partial charge is 0.225 e. The molecule has 0 aromatic carbocycles. The summed E-state index contributed by atoms with van der Waals surface area (Å²) in [5.41, 5.74) is 3.29. The van der Waals surface area contributed by atoms with Gasteiger partial charge in [0.05, 0.1) is 46.0 Å². The number of hydrogen-bond acceptors (Lipinski definition) is 11. The topological polar surface area (TPSA) is 154 Å². The molecule has 5 aromatic rings.